The molecule has 0 aliphatic heterocycles. The maximum atomic E-state index is 10.7. The van der Waals surface area contributed by atoms with E-state index in [4.69, 9.17) is 0 Å². The first-order chi connectivity index (χ1) is 6.81. The third-order valence-electron chi connectivity index (χ3n) is 2.18. The summed E-state index contributed by atoms with van der Waals surface area (Å²) in [4.78, 5) is 10.7. The number of hydrogen-bond donors (Lipinski definition) is 0. The van der Waals surface area contributed by atoms with Gasteiger partial charge in [-0.3, -0.25) is 0 Å². The number of carbonyl (C=O) groups is 1. The van der Waals surface area contributed by atoms with Gasteiger partial charge in [0.05, 0.1) is 0 Å². The molecule has 0 spiro atoms. The molecule has 0 aliphatic rings. The molecule has 0 heterocycles. The molecule has 0 aromatic heterocycles. The van der Waals surface area contributed by atoms with Crippen molar-refractivity contribution in [1.82, 2.24) is 0 Å². The SMILES string of the molecule is CCCCCCCCC=CC(=O)O[SiH3]. The fraction of sp³-hybridized carbons (Fsp3) is 0.727. The zero-order chi connectivity index (χ0) is 10.6. The lowest BCUT2D eigenvalue weighted by atomic mass is 10.1. The Hall–Kier alpha value is -0.573. The van der Waals surface area contributed by atoms with E-state index in [9.17, 15) is 4.79 Å². The highest BCUT2D eigenvalue weighted by Crippen LogP contribution is 2.06. The number of carbonyl (C=O) groups excluding carboxylic acids is 1. The molecule has 0 fully saturated rings. The van der Waals surface area contributed by atoms with Gasteiger partial charge in [0.25, 0.3) is 0 Å². The molecular formula is C11H22O2Si. The van der Waals surface area contributed by atoms with Crippen molar-refractivity contribution in [3.8, 4) is 0 Å². The summed E-state index contributed by atoms with van der Waals surface area (Å²) in [5.41, 5.74) is 0. The lowest BCUT2D eigenvalue weighted by Gasteiger charge is -1.97. The Morgan fingerprint density at radius 3 is 2.50 bits per heavy atom. The number of allylic oxidation sites excluding steroid dienone is 1. The minimum atomic E-state index is -0.192. The first-order valence-corrected chi connectivity index (χ1v) is 6.37. The topological polar surface area (TPSA) is 26.3 Å². The molecule has 2 nitrogen and oxygen atoms in total. The van der Waals surface area contributed by atoms with Crippen LogP contribution in [0.15, 0.2) is 12.2 Å². The van der Waals surface area contributed by atoms with Crippen LogP contribution in [0.2, 0.25) is 0 Å². The van der Waals surface area contributed by atoms with E-state index in [-0.39, 0.29) is 5.97 Å². The fourth-order valence-corrected chi connectivity index (χ4v) is 1.43. The van der Waals surface area contributed by atoms with Crippen LogP contribution in [-0.2, 0) is 9.22 Å². The summed E-state index contributed by atoms with van der Waals surface area (Å²) in [6.07, 6.45) is 12.3. The average molecular weight is 214 g/mol. The van der Waals surface area contributed by atoms with E-state index in [1.807, 2.05) is 6.08 Å². The number of rotatable bonds is 8. The van der Waals surface area contributed by atoms with Crippen molar-refractivity contribution in [1.29, 1.82) is 0 Å². The van der Waals surface area contributed by atoms with Gasteiger partial charge >= 0.3 is 5.97 Å². The van der Waals surface area contributed by atoms with Crippen molar-refractivity contribution in [2.45, 2.75) is 51.9 Å². The van der Waals surface area contributed by atoms with Gasteiger partial charge in [0.15, 0.2) is 0 Å². The lowest BCUT2D eigenvalue weighted by Crippen LogP contribution is -1.94. The summed E-state index contributed by atoms with van der Waals surface area (Å²) in [6.45, 7) is 2.22. The second kappa shape index (κ2) is 10.5. The van der Waals surface area contributed by atoms with Crippen molar-refractivity contribution in [3.63, 3.8) is 0 Å². The normalized spacial score (nSPS) is 10.9. The van der Waals surface area contributed by atoms with Gasteiger partial charge in [-0.25, -0.2) is 4.79 Å². The second-order valence-electron chi connectivity index (χ2n) is 3.48. The quantitative estimate of drug-likeness (QED) is 0.351. The maximum Gasteiger partial charge on any atom is 0.316 e. The Kier molecular flexibility index (Phi) is 10.1. The van der Waals surface area contributed by atoms with Gasteiger partial charge in [-0.2, -0.15) is 0 Å². The molecule has 0 saturated carbocycles. The first-order valence-electron chi connectivity index (χ1n) is 5.55. The Morgan fingerprint density at radius 1 is 1.21 bits per heavy atom. The van der Waals surface area contributed by atoms with Crippen molar-refractivity contribution in [2.75, 3.05) is 0 Å². The monoisotopic (exact) mass is 214 g/mol. The van der Waals surface area contributed by atoms with E-state index >= 15 is 0 Å². The lowest BCUT2D eigenvalue weighted by molar-refractivity contribution is -0.128. The van der Waals surface area contributed by atoms with E-state index < -0.39 is 0 Å². The van der Waals surface area contributed by atoms with Crippen LogP contribution in [0.1, 0.15) is 51.9 Å². The second-order valence-corrected chi connectivity index (χ2v) is 3.89. The smallest absolute Gasteiger partial charge is 0.316 e. The Balaban J connectivity index is 3.13. The van der Waals surface area contributed by atoms with E-state index in [0.29, 0.717) is 10.5 Å². The molecule has 0 aromatic rings. The molecule has 14 heavy (non-hydrogen) atoms. The Bertz CT molecular complexity index is 167. The maximum absolute atomic E-state index is 10.7. The predicted octanol–water partition coefficient (Wildman–Crippen LogP) is 2.12. The molecule has 0 saturated heterocycles. The van der Waals surface area contributed by atoms with Crippen LogP contribution in [0.3, 0.4) is 0 Å². The van der Waals surface area contributed by atoms with E-state index in [0.717, 1.165) is 6.42 Å². The van der Waals surface area contributed by atoms with Crippen molar-refractivity contribution in [3.05, 3.63) is 12.2 Å². The van der Waals surface area contributed by atoms with Crippen LogP contribution < -0.4 is 0 Å². The number of unbranched alkanes of at least 4 members (excludes halogenated alkanes) is 6. The molecule has 0 bridgehead atoms. The van der Waals surface area contributed by atoms with Gasteiger partial charge < -0.3 is 4.43 Å². The summed E-state index contributed by atoms with van der Waals surface area (Å²) in [7, 11) is 0.493. The summed E-state index contributed by atoms with van der Waals surface area (Å²) < 4.78 is 4.62. The summed E-state index contributed by atoms with van der Waals surface area (Å²) in [6, 6.07) is 0. The van der Waals surface area contributed by atoms with Gasteiger partial charge in [-0.05, 0) is 12.8 Å². The molecule has 0 rings (SSSR count). The molecule has 0 atom stereocenters. The van der Waals surface area contributed by atoms with Crippen molar-refractivity contribution < 1.29 is 9.22 Å². The highest BCUT2D eigenvalue weighted by atomic mass is 28.2. The largest absolute Gasteiger partial charge is 0.526 e. The van der Waals surface area contributed by atoms with Crippen LogP contribution in [0.4, 0.5) is 0 Å². The molecule has 0 amide bonds. The minimum Gasteiger partial charge on any atom is -0.526 e. The predicted molar refractivity (Wildman–Crippen MR) is 63.2 cm³/mol. The standard InChI is InChI=1S/C11H22O2Si/c1-2-3-4-5-6-7-8-9-10-11(12)13-14/h9-10H,2-8H2,1,14H3. The highest BCUT2D eigenvalue weighted by molar-refractivity contribution is 6.07. The summed E-state index contributed by atoms with van der Waals surface area (Å²) >= 11 is 0. The van der Waals surface area contributed by atoms with Crippen LogP contribution in [-0.4, -0.2) is 16.5 Å². The molecule has 0 aliphatic carbocycles. The van der Waals surface area contributed by atoms with Gasteiger partial charge in [0, 0.05) is 6.08 Å². The van der Waals surface area contributed by atoms with Crippen molar-refractivity contribution >= 4 is 16.5 Å². The third kappa shape index (κ3) is 9.51. The fourth-order valence-electron chi connectivity index (χ4n) is 1.29. The summed E-state index contributed by atoms with van der Waals surface area (Å²) in [5.74, 6) is -0.192. The zero-order valence-corrected chi connectivity index (χ0v) is 11.4. The van der Waals surface area contributed by atoms with Crippen LogP contribution in [0.25, 0.3) is 0 Å². The van der Waals surface area contributed by atoms with Gasteiger partial charge in [-0.15, -0.1) is 0 Å². The van der Waals surface area contributed by atoms with E-state index in [1.165, 1.54) is 38.5 Å². The number of hydrogen-bond acceptors (Lipinski definition) is 2. The van der Waals surface area contributed by atoms with Crippen LogP contribution in [0.5, 0.6) is 0 Å². The molecule has 82 valence electrons. The molecule has 3 heteroatoms. The molecular weight excluding hydrogens is 192 g/mol. The zero-order valence-electron chi connectivity index (χ0n) is 9.42. The molecule has 0 N–H and O–H groups in total. The first kappa shape index (κ1) is 13.4. The third-order valence-corrected chi connectivity index (χ3v) is 2.58. The minimum absolute atomic E-state index is 0.192. The van der Waals surface area contributed by atoms with E-state index in [1.54, 1.807) is 6.08 Å². The van der Waals surface area contributed by atoms with E-state index in [2.05, 4.69) is 11.3 Å². The Labute approximate surface area is 90.3 Å². The van der Waals surface area contributed by atoms with Gasteiger partial charge in [-0.1, -0.05) is 45.1 Å². The highest BCUT2D eigenvalue weighted by Gasteiger charge is 1.90. The van der Waals surface area contributed by atoms with Gasteiger partial charge in [0.2, 0.25) is 10.5 Å². The average Bonchev–Trinajstić information content (AvgIpc) is 2.21. The van der Waals surface area contributed by atoms with Gasteiger partial charge in [0.1, 0.15) is 0 Å². The molecule has 0 radical (unpaired) electrons. The molecule has 0 aromatic carbocycles. The Morgan fingerprint density at radius 2 is 1.86 bits per heavy atom. The van der Waals surface area contributed by atoms with Crippen LogP contribution >= 0.6 is 0 Å². The van der Waals surface area contributed by atoms with Crippen LogP contribution in [0, 0.1) is 0 Å². The summed E-state index contributed by atoms with van der Waals surface area (Å²) in [5, 5.41) is 0. The molecule has 0 unspecified atom stereocenters. The van der Waals surface area contributed by atoms with Crippen molar-refractivity contribution in [2.24, 2.45) is 0 Å².